The van der Waals surface area contributed by atoms with Gasteiger partial charge in [0.15, 0.2) is 0 Å². The molecule has 0 N–H and O–H groups in total. The molecular formula is C14H16ClNO2. The maximum Gasteiger partial charge on any atom is 0.338 e. The molecular weight excluding hydrogens is 250 g/mol. The molecule has 96 valence electrons. The maximum absolute atomic E-state index is 11.9. The number of hydrogen-bond acceptors (Lipinski definition) is 3. The van der Waals surface area contributed by atoms with Gasteiger partial charge in [0.05, 0.1) is 17.0 Å². The van der Waals surface area contributed by atoms with Crippen molar-refractivity contribution in [1.29, 1.82) is 5.26 Å². The average molecular weight is 266 g/mol. The van der Waals surface area contributed by atoms with E-state index in [9.17, 15) is 4.79 Å². The Bertz CT molecular complexity index is 503. The van der Waals surface area contributed by atoms with Crippen molar-refractivity contribution in [2.24, 2.45) is 5.41 Å². The monoisotopic (exact) mass is 265 g/mol. The Labute approximate surface area is 112 Å². The van der Waals surface area contributed by atoms with Crippen molar-refractivity contribution in [3.63, 3.8) is 0 Å². The molecule has 0 unspecified atom stereocenters. The zero-order valence-electron chi connectivity index (χ0n) is 11.0. The lowest BCUT2D eigenvalue weighted by Gasteiger charge is -2.24. The standard InChI is InChI=1S/C14H16ClNO2/c1-9-5-6-11(7-12(9)15)13(17)18-10(2)14(3,4)8-16/h5-7,10H,1-4H3/t10-/m0/s1. The van der Waals surface area contributed by atoms with E-state index in [1.807, 2.05) is 6.92 Å². The fourth-order valence-electron chi connectivity index (χ4n) is 1.19. The van der Waals surface area contributed by atoms with E-state index in [1.165, 1.54) is 0 Å². The van der Waals surface area contributed by atoms with Crippen LogP contribution in [0.15, 0.2) is 18.2 Å². The first kappa shape index (κ1) is 14.5. The van der Waals surface area contributed by atoms with Crippen LogP contribution in [0, 0.1) is 23.7 Å². The van der Waals surface area contributed by atoms with Crippen LogP contribution < -0.4 is 0 Å². The van der Waals surface area contributed by atoms with Crippen molar-refractivity contribution in [2.45, 2.75) is 33.8 Å². The van der Waals surface area contributed by atoms with E-state index in [1.54, 1.807) is 39.0 Å². The molecule has 0 aliphatic heterocycles. The predicted molar refractivity (Wildman–Crippen MR) is 70.5 cm³/mol. The summed E-state index contributed by atoms with van der Waals surface area (Å²) in [7, 11) is 0. The highest BCUT2D eigenvalue weighted by Gasteiger charge is 2.29. The van der Waals surface area contributed by atoms with Crippen LogP contribution in [0.5, 0.6) is 0 Å². The summed E-state index contributed by atoms with van der Waals surface area (Å²) >= 11 is 5.95. The van der Waals surface area contributed by atoms with Crippen LogP contribution in [0.25, 0.3) is 0 Å². The summed E-state index contributed by atoms with van der Waals surface area (Å²) in [4.78, 5) is 11.9. The number of halogens is 1. The molecule has 0 saturated heterocycles. The lowest BCUT2D eigenvalue weighted by Crippen LogP contribution is -2.30. The van der Waals surface area contributed by atoms with Gasteiger partial charge in [0, 0.05) is 5.02 Å². The number of carbonyl (C=O) groups excluding carboxylic acids is 1. The van der Waals surface area contributed by atoms with E-state index >= 15 is 0 Å². The summed E-state index contributed by atoms with van der Waals surface area (Å²) in [6.07, 6.45) is -0.491. The number of rotatable bonds is 3. The molecule has 0 aromatic heterocycles. The van der Waals surface area contributed by atoms with Gasteiger partial charge in [-0.05, 0) is 45.4 Å². The molecule has 0 radical (unpaired) electrons. The molecule has 4 heteroatoms. The lowest BCUT2D eigenvalue weighted by molar-refractivity contribution is 0.0129. The number of ether oxygens (including phenoxy) is 1. The number of nitriles is 1. The van der Waals surface area contributed by atoms with Crippen LogP contribution in [0.1, 0.15) is 36.7 Å². The molecule has 0 bridgehead atoms. The van der Waals surface area contributed by atoms with Crippen molar-refractivity contribution in [3.8, 4) is 6.07 Å². The fourth-order valence-corrected chi connectivity index (χ4v) is 1.37. The minimum atomic E-state index is -0.718. The molecule has 0 aliphatic carbocycles. The van der Waals surface area contributed by atoms with Crippen molar-refractivity contribution in [3.05, 3.63) is 34.3 Å². The number of carbonyl (C=O) groups is 1. The first-order valence-corrected chi connectivity index (χ1v) is 6.04. The number of esters is 1. The Kier molecular flexibility index (Phi) is 4.37. The minimum Gasteiger partial charge on any atom is -0.457 e. The third kappa shape index (κ3) is 3.24. The van der Waals surface area contributed by atoms with E-state index in [0.29, 0.717) is 10.6 Å². The largest absolute Gasteiger partial charge is 0.457 e. The molecule has 18 heavy (non-hydrogen) atoms. The van der Waals surface area contributed by atoms with Crippen molar-refractivity contribution in [2.75, 3.05) is 0 Å². The van der Waals surface area contributed by atoms with Crippen molar-refractivity contribution < 1.29 is 9.53 Å². The summed E-state index contributed by atoms with van der Waals surface area (Å²) in [5, 5.41) is 9.49. The minimum absolute atomic E-state index is 0.395. The number of nitrogens with zero attached hydrogens (tertiary/aromatic N) is 1. The number of hydrogen-bond donors (Lipinski definition) is 0. The second kappa shape index (κ2) is 5.41. The highest BCUT2D eigenvalue weighted by Crippen LogP contribution is 2.24. The second-order valence-electron chi connectivity index (χ2n) is 4.84. The Hall–Kier alpha value is -1.53. The fraction of sp³-hybridized carbons (Fsp3) is 0.429. The van der Waals surface area contributed by atoms with E-state index in [2.05, 4.69) is 6.07 Å². The van der Waals surface area contributed by atoms with Crippen molar-refractivity contribution >= 4 is 17.6 Å². The van der Waals surface area contributed by atoms with Gasteiger partial charge < -0.3 is 4.74 Å². The van der Waals surface area contributed by atoms with E-state index in [-0.39, 0.29) is 0 Å². The molecule has 0 spiro atoms. The summed E-state index contributed by atoms with van der Waals surface area (Å²) in [6, 6.07) is 7.12. The Balaban J connectivity index is 2.84. The summed E-state index contributed by atoms with van der Waals surface area (Å²) in [6.45, 7) is 7.02. The Morgan fingerprint density at radius 3 is 2.61 bits per heavy atom. The summed E-state index contributed by atoms with van der Waals surface area (Å²) < 4.78 is 5.27. The second-order valence-corrected chi connectivity index (χ2v) is 5.25. The van der Waals surface area contributed by atoms with Crippen LogP contribution in [-0.2, 0) is 4.74 Å². The van der Waals surface area contributed by atoms with Crippen LogP contribution in [0.2, 0.25) is 5.02 Å². The zero-order valence-corrected chi connectivity index (χ0v) is 11.7. The molecule has 1 aromatic carbocycles. The lowest BCUT2D eigenvalue weighted by atomic mass is 9.89. The van der Waals surface area contributed by atoms with E-state index in [4.69, 9.17) is 21.6 Å². The van der Waals surface area contributed by atoms with E-state index in [0.717, 1.165) is 5.56 Å². The van der Waals surface area contributed by atoms with Gasteiger partial charge in [-0.25, -0.2) is 4.79 Å². The molecule has 1 rings (SSSR count). The van der Waals surface area contributed by atoms with Gasteiger partial charge in [-0.2, -0.15) is 5.26 Å². The Morgan fingerprint density at radius 1 is 1.50 bits per heavy atom. The summed E-state index contributed by atoms with van der Waals surface area (Å²) in [5.41, 5.74) is 0.578. The molecule has 0 amide bonds. The molecule has 0 saturated carbocycles. The normalized spacial score (nSPS) is 12.7. The molecule has 0 aliphatic rings. The van der Waals surface area contributed by atoms with Crippen LogP contribution in [0.3, 0.4) is 0 Å². The topological polar surface area (TPSA) is 50.1 Å². The molecule has 0 heterocycles. The van der Waals surface area contributed by atoms with Crippen LogP contribution in [-0.4, -0.2) is 12.1 Å². The van der Waals surface area contributed by atoms with Crippen LogP contribution in [0.4, 0.5) is 0 Å². The Morgan fingerprint density at radius 2 is 2.11 bits per heavy atom. The van der Waals surface area contributed by atoms with Gasteiger partial charge in [0.25, 0.3) is 0 Å². The molecule has 3 nitrogen and oxygen atoms in total. The van der Waals surface area contributed by atoms with Gasteiger partial charge >= 0.3 is 5.97 Å². The third-order valence-corrected chi connectivity index (χ3v) is 3.40. The van der Waals surface area contributed by atoms with Gasteiger partial charge in [-0.3, -0.25) is 0 Å². The van der Waals surface area contributed by atoms with Crippen molar-refractivity contribution in [1.82, 2.24) is 0 Å². The first-order chi connectivity index (χ1) is 8.27. The maximum atomic E-state index is 11.9. The van der Waals surface area contributed by atoms with Gasteiger partial charge in [-0.1, -0.05) is 17.7 Å². The average Bonchev–Trinajstić information content (AvgIpc) is 2.32. The van der Waals surface area contributed by atoms with Crippen LogP contribution >= 0.6 is 11.6 Å². The molecule has 1 aromatic rings. The number of benzene rings is 1. The molecule has 1 atom stereocenters. The SMILES string of the molecule is Cc1ccc(C(=O)O[C@@H](C)C(C)(C)C#N)cc1Cl. The number of aryl methyl sites for hydroxylation is 1. The smallest absolute Gasteiger partial charge is 0.338 e. The third-order valence-electron chi connectivity index (χ3n) is 3.00. The quantitative estimate of drug-likeness (QED) is 0.782. The van der Waals surface area contributed by atoms with Gasteiger partial charge in [0.2, 0.25) is 0 Å². The first-order valence-electron chi connectivity index (χ1n) is 5.66. The highest BCUT2D eigenvalue weighted by molar-refractivity contribution is 6.31. The predicted octanol–water partition coefficient (Wildman–Crippen LogP) is 3.74. The zero-order chi connectivity index (χ0) is 13.9. The molecule has 0 fully saturated rings. The van der Waals surface area contributed by atoms with E-state index < -0.39 is 17.5 Å². The van der Waals surface area contributed by atoms with Gasteiger partial charge in [0.1, 0.15) is 6.10 Å². The van der Waals surface area contributed by atoms with Gasteiger partial charge in [-0.15, -0.1) is 0 Å². The highest BCUT2D eigenvalue weighted by atomic mass is 35.5. The summed E-state index contributed by atoms with van der Waals surface area (Å²) in [5.74, 6) is -0.465.